The number of aliphatic carboxylic acids is 1. The van der Waals surface area contributed by atoms with E-state index in [1.54, 1.807) is 6.92 Å². The number of rotatable bonds is 8. The van der Waals surface area contributed by atoms with Gasteiger partial charge in [0.05, 0.1) is 17.9 Å². The summed E-state index contributed by atoms with van der Waals surface area (Å²) >= 11 is 0. The van der Waals surface area contributed by atoms with Gasteiger partial charge >= 0.3 is 11.9 Å². The molecule has 0 aromatic rings. The molecule has 26 heavy (non-hydrogen) atoms. The number of esters is 1. The Hall–Kier alpha value is -1.14. The fraction of sp³-hybridized carbons (Fsp3) is 0.900. The highest BCUT2D eigenvalue weighted by atomic mass is 16.6. The molecule has 148 valence electrons. The first kappa shape index (κ1) is 19.6. The molecule has 0 amide bonds. The van der Waals surface area contributed by atoms with Crippen LogP contribution < -0.4 is 0 Å². The van der Waals surface area contributed by atoms with Crippen LogP contribution in [0, 0.1) is 40.9 Å². The van der Waals surface area contributed by atoms with Crippen LogP contribution in [0.1, 0.15) is 59.3 Å². The van der Waals surface area contributed by atoms with Gasteiger partial charge in [-0.1, -0.05) is 26.7 Å². The fourth-order valence-electron chi connectivity index (χ4n) is 6.33. The van der Waals surface area contributed by atoms with Crippen LogP contribution in [0.2, 0.25) is 0 Å². The lowest BCUT2D eigenvalue weighted by atomic mass is 9.60. The van der Waals surface area contributed by atoms with Crippen LogP contribution in [0.25, 0.3) is 0 Å². The van der Waals surface area contributed by atoms with Crippen LogP contribution in [-0.4, -0.2) is 39.7 Å². The summed E-state index contributed by atoms with van der Waals surface area (Å²) < 4.78 is 5.07. The van der Waals surface area contributed by atoms with Crippen LogP contribution >= 0.6 is 0 Å². The first-order valence-corrected chi connectivity index (χ1v) is 10.0. The Bertz CT molecular complexity index is 561. The van der Waals surface area contributed by atoms with Gasteiger partial charge in [0, 0.05) is 5.92 Å². The first-order valence-electron chi connectivity index (χ1n) is 10.0. The van der Waals surface area contributed by atoms with E-state index in [4.69, 9.17) is 4.74 Å². The molecule has 3 aliphatic rings. The molecule has 9 unspecified atom stereocenters. The fourth-order valence-corrected chi connectivity index (χ4v) is 6.33. The maximum absolute atomic E-state index is 12.2. The molecule has 0 aromatic carbocycles. The summed E-state index contributed by atoms with van der Waals surface area (Å²) in [5.41, 5.74) is -0.320. The van der Waals surface area contributed by atoms with E-state index >= 15 is 0 Å². The minimum atomic E-state index is -0.990. The number of carbonyl (C=O) groups excluding carboxylic acids is 1. The standard InChI is InChI=1S/C20H32O6/c1-4-12(10(2)17(22)23)6-5-7-20(11(3)21)9-13-8-14(20)16-15(13)18(24)26-19(16)25/h10-16,18,21,24H,4-9H2,1-3H3,(H,22,23). The maximum atomic E-state index is 12.2. The van der Waals surface area contributed by atoms with Gasteiger partial charge in [-0.05, 0) is 55.8 Å². The molecule has 1 saturated heterocycles. The van der Waals surface area contributed by atoms with Crippen molar-refractivity contribution in [3.8, 4) is 0 Å². The molecule has 6 heteroatoms. The van der Waals surface area contributed by atoms with Gasteiger partial charge in [-0.25, -0.2) is 0 Å². The lowest BCUT2D eigenvalue weighted by Crippen LogP contribution is -2.45. The SMILES string of the molecule is CCC(CCCC1(C(C)O)CC2CC1C1C(=O)OC(O)C21)C(C)C(=O)O. The summed E-state index contributed by atoms with van der Waals surface area (Å²) in [4.78, 5) is 23.5. The van der Waals surface area contributed by atoms with Crippen molar-refractivity contribution in [2.45, 2.75) is 71.7 Å². The van der Waals surface area contributed by atoms with Crippen LogP contribution in [-0.2, 0) is 14.3 Å². The molecule has 0 aromatic heterocycles. The van der Waals surface area contributed by atoms with Gasteiger partial charge in [0.15, 0.2) is 0 Å². The molecule has 9 atom stereocenters. The molecule has 1 aliphatic heterocycles. The first-order chi connectivity index (χ1) is 12.2. The molecule has 3 fully saturated rings. The summed E-state index contributed by atoms with van der Waals surface area (Å²) in [6.45, 7) is 5.59. The average Bonchev–Trinajstić information content (AvgIpc) is 3.22. The van der Waals surface area contributed by atoms with Gasteiger partial charge in [0.2, 0.25) is 6.29 Å². The third-order valence-electron chi connectivity index (χ3n) is 7.84. The highest BCUT2D eigenvalue weighted by Gasteiger charge is 2.68. The Balaban J connectivity index is 1.69. The summed E-state index contributed by atoms with van der Waals surface area (Å²) in [5.74, 6) is -1.44. The second-order valence-corrected chi connectivity index (χ2v) is 8.83. The zero-order valence-corrected chi connectivity index (χ0v) is 15.9. The zero-order chi connectivity index (χ0) is 19.2. The van der Waals surface area contributed by atoms with E-state index in [0.717, 1.165) is 38.5 Å². The molecule has 6 nitrogen and oxygen atoms in total. The monoisotopic (exact) mass is 368 g/mol. The Labute approximate surface area is 154 Å². The summed E-state index contributed by atoms with van der Waals surface area (Å²) in [6.07, 6.45) is 3.45. The lowest BCUT2D eigenvalue weighted by molar-refractivity contribution is -0.159. The van der Waals surface area contributed by atoms with Crippen LogP contribution in [0.4, 0.5) is 0 Å². The van der Waals surface area contributed by atoms with E-state index in [-0.39, 0.29) is 46.9 Å². The molecule has 2 saturated carbocycles. The summed E-state index contributed by atoms with van der Waals surface area (Å²) in [5, 5.41) is 29.9. The quantitative estimate of drug-likeness (QED) is 0.569. The molecular weight excluding hydrogens is 336 g/mol. The number of cyclic esters (lactones) is 1. The lowest BCUT2D eigenvalue weighted by Gasteiger charge is -2.44. The van der Waals surface area contributed by atoms with Gasteiger partial charge < -0.3 is 20.1 Å². The predicted octanol–water partition coefficient (Wildman–Crippen LogP) is 2.42. The second-order valence-electron chi connectivity index (χ2n) is 8.83. The van der Waals surface area contributed by atoms with Gasteiger partial charge in [-0.2, -0.15) is 0 Å². The third kappa shape index (κ3) is 2.95. The number of hydrogen-bond acceptors (Lipinski definition) is 5. The van der Waals surface area contributed by atoms with Crippen LogP contribution in [0.5, 0.6) is 0 Å². The second kappa shape index (κ2) is 7.12. The summed E-state index contributed by atoms with van der Waals surface area (Å²) in [6, 6.07) is 0. The highest BCUT2D eigenvalue weighted by molar-refractivity contribution is 5.76. The number of fused-ring (bicyclic) bond motifs is 5. The van der Waals surface area contributed by atoms with Crippen molar-refractivity contribution in [3.05, 3.63) is 0 Å². The smallest absolute Gasteiger partial charge is 0.312 e. The van der Waals surface area contributed by atoms with Gasteiger partial charge in [-0.15, -0.1) is 0 Å². The van der Waals surface area contributed by atoms with E-state index < -0.39 is 18.4 Å². The van der Waals surface area contributed by atoms with E-state index in [1.165, 1.54) is 0 Å². The minimum absolute atomic E-state index is 0.0547. The normalized spacial score (nSPS) is 41.6. The zero-order valence-electron chi connectivity index (χ0n) is 15.9. The minimum Gasteiger partial charge on any atom is -0.481 e. The Morgan fingerprint density at radius 3 is 2.65 bits per heavy atom. The number of carboxylic acid groups (broad SMARTS) is 1. The average molecular weight is 368 g/mol. The van der Waals surface area contributed by atoms with E-state index in [0.29, 0.717) is 0 Å². The van der Waals surface area contributed by atoms with Crippen molar-refractivity contribution >= 4 is 11.9 Å². The van der Waals surface area contributed by atoms with Crippen LogP contribution in [0.3, 0.4) is 0 Å². The Morgan fingerprint density at radius 1 is 1.38 bits per heavy atom. The molecule has 2 aliphatic carbocycles. The van der Waals surface area contributed by atoms with Crippen molar-refractivity contribution < 1.29 is 29.6 Å². The Kier molecular flexibility index (Phi) is 5.37. The molecule has 2 bridgehead atoms. The van der Waals surface area contributed by atoms with E-state index in [9.17, 15) is 24.9 Å². The molecule has 3 rings (SSSR count). The summed E-state index contributed by atoms with van der Waals surface area (Å²) in [7, 11) is 0. The van der Waals surface area contributed by atoms with E-state index in [1.807, 2.05) is 13.8 Å². The molecular formula is C20H32O6. The van der Waals surface area contributed by atoms with Crippen molar-refractivity contribution in [3.63, 3.8) is 0 Å². The van der Waals surface area contributed by atoms with Crippen LogP contribution in [0.15, 0.2) is 0 Å². The van der Waals surface area contributed by atoms with Crippen molar-refractivity contribution in [1.82, 2.24) is 0 Å². The largest absolute Gasteiger partial charge is 0.481 e. The molecule has 1 heterocycles. The number of aliphatic hydroxyl groups excluding tert-OH is 2. The number of hydrogen-bond donors (Lipinski definition) is 3. The number of aliphatic hydroxyl groups is 2. The van der Waals surface area contributed by atoms with Crippen molar-refractivity contribution in [2.75, 3.05) is 0 Å². The van der Waals surface area contributed by atoms with Gasteiger partial charge in [0.1, 0.15) is 0 Å². The van der Waals surface area contributed by atoms with Gasteiger partial charge in [-0.3, -0.25) is 9.59 Å². The highest BCUT2D eigenvalue weighted by Crippen LogP contribution is 2.66. The number of carbonyl (C=O) groups is 2. The number of ether oxygens (including phenoxy) is 1. The maximum Gasteiger partial charge on any atom is 0.312 e. The topological polar surface area (TPSA) is 104 Å². The number of carboxylic acids is 1. The molecule has 0 spiro atoms. The molecule has 0 radical (unpaired) electrons. The van der Waals surface area contributed by atoms with Crippen molar-refractivity contribution in [2.24, 2.45) is 40.9 Å². The molecule has 3 N–H and O–H groups in total. The van der Waals surface area contributed by atoms with Crippen molar-refractivity contribution in [1.29, 1.82) is 0 Å². The third-order valence-corrected chi connectivity index (χ3v) is 7.84. The predicted molar refractivity (Wildman–Crippen MR) is 93.8 cm³/mol. The Morgan fingerprint density at radius 2 is 2.08 bits per heavy atom. The van der Waals surface area contributed by atoms with Gasteiger partial charge in [0.25, 0.3) is 0 Å². The van der Waals surface area contributed by atoms with E-state index in [2.05, 4.69) is 0 Å².